The number of halogens is 1. The third kappa shape index (κ3) is 2.13. The number of aliphatic hydroxyl groups excluding tert-OH is 1. The van der Waals surface area contributed by atoms with Gasteiger partial charge in [0.1, 0.15) is 11.3 Å². The van der Waals surface area contributed by atoms with Crippen LogP contribution < -0.4 is 0 Å². The van der Waals surface area contributed by atoms with Gasteiger partial charge in [0.05, 0.1) is 11.4 Å². The summed E-state index contributed by atoms with van der Waals surface area (Å²) in [5.74, 6) is 0.486. The van der Waals surface area contributed by atoms with Crippen molar-refractivity contribution in [1.82, 2.24) is 9.78 Å². The topological polar surface area (TPSA) is 51.2 Å². The quantitative estimate of drug-likeness (QED) is 0.782. The molecule has 0 bridgehead atoms. The highest BCUT2D eigenvalue weighted by Crippen LogP contribution is 2.29. The molecule has 0 aliphatic rings. The number of nitrogens with zero attached hydrogens (tertiary/aromatic N) is 2. The second-order valence-electron chi connectivity index (χ2n) is 4.57. The molecule has 2 heterocycles. The maximum Gasteiger partial charge on any atom is 0.153 e. The van der Waals surface area contributed by atoms with Crippen molar-refractivity contribution in [2.24, 2.45) is 7.05 Å². The zero-order valence-electron chi connectivity index (χ0n) is 10.6. The van der Waals surface area contributed by atoms with Gasteiger partial charge in [0.2, 0.25) is 0 Å². The summed E-state index contributed by atoms with van der Waals surface area (Å²) in [5.41, 5.74) is 2.26. The first-order chi connectivity index (χ1) is 9.04. The summed E-state index contributed by atoms with van der Waals surface area (Å²) in [5, 5.41) is 16.1. The summed E-state index contributed by atoms with van der Waals surface area (Å²) in [4.78, 5) is 0. The van der Waals surface area contributed by atoms with Gasteiger partial charge in [-0.1, -0.05) is 11.6 Å². The molecule has 0 spiro atoms. The van der Waals surface area contributed by atoms with Gasteiger partial charge in [-0.15, -0.1) is 0 Å². The highest BCUT2D eigenvalue weighted by molar-refractivity contribution is 6.31. The van der Waals surface area contributed by atoms with Crippen molar-refractivity contribution in [1.29, 1.82) is 0 Å². The lowest BCUT2D eigenvalue weighted by molar-refractivity contribution is 0.183. The third-order valence-electron chi connectivity index (χ3n) is 3.09. The van der Waals surface area contributed by atoms with Gasteiger partial charge in [0.25, 0.3) is 0 Å². The average molecular weight is 277 g/mol. The molecule has 98 valence electrons. The van der Waals surface area contributed by atoms with E-state index in [1.165, 1.54) is 0 Å². The van der Waals surface area contributed by atoms with Crippen molar-refractivity contribution >= 4 is 22.6 Å². The van der Waals surface area contributed by atoms with Crippen LogP contribution >= 0.6 is 11.6 Å². The SMILES string of the molecule is Cc1cc(C(O)c2cc3cc(Cl)ccc3o2)n(C)n1. The Balaban J connectivity index is 2.06. The molecule has 0 amide bonds. The summed E-state index contributed by atoms with van der Waals surface area (Å²) in [7, 11) is 1.80. The van der Waals surface area contributed by atoms with Gasteiger partial charge < -0.3 is 9.52 Å². The number of aryl methyl sites for hydroxylation is 2. The fourth-order valence-electron chi connectivity index (χ4n) is 2.20. The van der Waals surface area contributed by atoms with Gasteiger partial charge in [-0.25, -0.2) is 0 Å². The van der Waals surface area contributed by atoms with Crippen molar-refractivity contribution in [2.45, 2.75) is 13.0 Å². The minimum absolute atomic E-state index is 0.486. The van der Waals surface area contributed by atoms with Crippen molar-refractivity contribution in [2.75, 3.05) is 0 Å². The molecule has 1 unspecified atom stereocenters. The summed E-state index contributed by atoms with van der Waals surface area (Å²) in [6, 6.07) is 9.00. The van der Waals surface area contributed by atoms with E-state index in [4.69, 9.17) is 16.0 Å². The molecule has 3 rings (SSSR count). The standard InChI is InChI=1S/C14H13ClN2O2/c1-8-5-11(17(2)16-8)14(18)13-7-9-6-10(15)3-4-12(9)19-13/h3-7,14,18H,1-2H3. The number of aliphatic hydroxyl groups is 1. The van der Waals surface area contributed by atoms with Crippen molar-refractivity contribution < 1.29 is 9.52 Å². The van der Waals surface area contributed by atoms with Crippen LogP contribution in [0.4, 0.5) is 0 Å². The highest BCUT2D eigenvalue weighted by atomic mass is 35.5. The summed E-state index contributed by atoms with van der Waals surface area (Å²) >= 11 is 5.93. The second kappa shape index (κ2) is 4.40. The summed E-state index contributed by atoms with van der Waals surface area (Å²) < 4.78 is 7.31. The van der Waals surface area contributed by atoms with Gasteiger partial charge >= 0.3 is 0 Å². The molecule has 0 saturated heterocycles. The predicted octanol–water partition coefficient (Wildman–Crippen LogP) is 3.21. The summed E-state index contributed by atoms with van der Waals surface area (Å²) in [6.45, 7) is 1.88. The molecule has 1 aromatic carbocycles. The largest absolute Gasteiger partial charge is 0.458 e. The number of benzene rings is 1. The smallest absolute Gasteiger partial charge is 0.153 e. The molecule has 0 fully saturated rings. The van der Waals surface area contributed by atoms with E-state index in [0.29, 0.717) is 22.1 Å². The normalized spacial score (nSPS) is 13.1. The Morgan fingerprint density at radius 3 is 2.79 bits per heavy atom. The Bertz CT molecular complexity index is 745. The van der Waals surface area contributed by atoms with Crippen molar-refractivity contribution in [3.05, 3.63) is 52.5 Å². The van der Waals surface area contributed by atoms with Crippen LogP contribution in [0.1, 0.15) is 23.3 Å². The molecule has 1 N–H and O–H groups in total. The van der Waals surface area contributed by atoms with Crippen LogP contribution in [-0.2, 0) is 7.05 Å². The van der Waals surface area contributed by atoms with Gasteiger partial charge in [0, 0.05) is 17.5 Å². The van der Waals surface area contributed by atoms with E-state index in [9.17, 15) is 5.11 Å². The molecule has 3 aromatic rings. The molecule has 4 nitrogen and oxygen atoms in total. The number of hydrogen-bond acceptors (Lipinski definition) is 3. The fraction of sp³-hybridized carbons (Fsp3) is 0.214. The monoisotopic (exact) mass is 276 g/mol. The molecule has 0 saturated carbocycles. The predicted molar refractivity (Wildman–Crippen MR) is 73.2 cm³/mol. The van der Waals surface area contributed by atoms with E-state index in [1.807, 2.05) is 19.1 Å². The van der Waals surface area contributed by atoms with Gasteiger partial charge in [0.15, 0.2) is 6.10 Å². The van der Waals surface area contributed by atoms with E-state index in [0.717, 1.165) is 11.1 Å². The molecule has 5 heteroatoms. The van der Waals surface area contributed by atoms with Gasteiger partial charge in [-0.3, -0.25) is 4.68 Å². The van der Waals surface area contributed by atoms with Crippen LogP contribution in [0.2, 0.25) is 5.02 Å². The molecule has 2 aromatic heterocycles. The maximum absolute atomic E-state index is 10.4. The zero-order valence-corrected chi connectivity index (χ0v) is 11.3. The van der Waals surface area contributed by atoms with Crippen LogP contribution in [0.15, 0.2) is 34.7 Å². The van der Waals surface area contributed by atoms with E-state index in [1.54, 1.807) is 29.9 Å². The van der Waals surface area contributed by atoms with Crippen LogP contribution in [-0.4, -0.2) is 14.9 Å². The molecule has 0 aliphatic heterocycles. The third-order valence-corrected chi connectivity index (χ3v) is 3.32. The lowest BCUT2D eigenvalue weighted by Crippen LogP contribution is -2.05. The lowest BCUT2D eigenvalue weighted by Gasteiger charge is -2.07. The first-order valence-electron chi connectivity index (χ1n) is 5.92. The lowest BCUT2D eigenvalue weighted by atomic mass is 10.1. The van der Waals surface area contributed by atoms with E-state index in [-0.39, 0.29) is 0 Å². The van der Waals surface area contributed by atoms with Crippen molar-refractivity contribution in [3.63, 3.8) is 0 Å². The molecule has 1 atom stereocenters. The number of aromatic nitrogens is 2. The van der Waals surface area contributed by atoms with E-state index < -0.39 is 6.10 Å². The summed E-state index contributed by atoms with van der Waals surface area (Å²) in [6.07, 6.45) is -0.836. The highest BCUT2D eigenvalue weighted by Gasteiger charge is 2.19. The van der Waals surface area contributed by atoms with Crippen LogP contribution in [0.3, 0.4) is 0 Å². The van der Waals surface area contributed by atoms with E-state index >= 15 is 0 Å². The number of rotatable bonds is 2. The Labute approximate surface area is 115 Å². The number of furan rings is 1. The van der Waals surface area contributed by atoms with Gasteiger partial charge in [-0.2, -0.15) is 5.10 Å². The fourth-order valence-corrected chi connectivity index (χ4v) is 2.38. The Hall–Kier alpha value is -1.78. The average Bonchev–Trinajstić information content (AvgIpc) is 2.91. The first-order valence-corrected chi connectivity index (χ1v) is 6.30. The second-order valence-corrected chi connectivity index (χ2v) is 5.00. The van der Waals surface area contributed by atoms with Gasteiger partial charge in [-0.05, 0) is 37.3 Å². The maximum atomic E-state index is 10.4. The molecule has 0 aliphatic carbocycles. The first kappa shape index (κ1) is 12.3. The molecular formula is C14H13ClN2O2. The molecule has 0 radical (unpaired) electrons. The zero-order chi connectivity index (χ0) is 13.6. The van der Waals surface area contributed by atoms with Crippen LogP contribution in [0.5, 0.6) is 0 Å². The minimum atomic E-state index is -0.836. The number of fused-ring (bicyclic) bond motifs is 1. The molecular weight excluding hydrogens is 264 g/mol. The minimum Gasteiger partial charge on any atom is -0.458 e. The Morgan fingerprint density at radius 2 is 2.11 bits per heavy atom. The van der Waals surface area contributed by atoms with Crippen LogP contribution in [0, 0.1) is 6.92 Å². The van der Waals surface area contributed by atoms with E-state index in [2.05, 4.69) is 5.10 Å². The Kier molecular flexibility index (Phi) is 2.84. The Morgan fingerprint density at radius 1 is 1.32 bits per heavy atom. The molecule has 19 heavy (non-hydrogen) atoms. The van der Waals surface area contributed by atoms with Crippen LogP contribution in [0.25, 0.3) is 11.0 Å². The number of hydrogen-bond donors (Lipinski definition) is 1. The van der Waals surface area contributed by atoms with Crippen molar-refractivity contribution in [3.8, 4) is 0 Å².